The molecule has 25 heavy (non-hydrogen) atoms. The number of carbonyl (C=O) groups excluding carboxylic acids is 1. The standard InChI is InChI=1S/C16H23NO6S2/c1-12-5-7-15(8-6-12)25(19,20)23-17-14(3)24-11-16(18)22-10-9-13(2)21-4/h5-8,13H,9-11H2,1-4H3/b17-14-. The zero-order valence-corrected chi connectivity index (χ0v) is 16.4. The van der Waals surface area contributed by atoms with Crippen LogP contribution in [0.3, 0.4) is 0 Å². The first kappa shape index (κ1) is 21.5. The van der Waals surface area contributed by atoms with E-state index in [1.165, 1.54) is 12.1 Å². The van der Waals surface area contributed by atoms with Gasteiger partial charge in [-0.2, -0.15) is 8.42 Å². The van der Waals surface area contributed by atoms with Crippen LogP contribution in [0.15, 0.2) is 34.3 Å². The summed E-state index contributed by atoms with van der Waals surface area (Å²) in [5.74, 6) is -0.394. The Morgan fingerprint density at radius 1 is 1.28 bits per heavy atom. The molecule has 9 heteroatoms. The Balaban J connectivity index is 2.42. The van der Waals surface area contributed by atoms with Gasteiger partial charge >= 0.3 is 16.1 Å². The number of hydrogen-bond donors (Lipinski definition) is 0. The fraction of sp³-hybridized carbons (Fsp3) is 0.500. The van der Waals surface area contributed by atoms with Gasteiger partial charge in [0.1, 0.15) is 9.94 Å². The lowest BCUT2D eigenvalue weighted by molar-refractivity contribution is -0.141. The van der Waals surface area contributed by atoms with Gasteiger partial charge in [0.2, 0.25) is 0 Å². The molecule has 1 aromatic carbocycles. The van der Waals surface area contributed by atoms with Gasteiger partial charge in [0, 0.05) is 13.5 Å². The van der Waals surface area contributed by atoms with Crippen molar-refractivity contribution in [1.82, 2.24) is 0 Å². The monoisotopic (exact) mass is 389 g/mol. The van der Waals surface area contributed by atoms with Crippen molar-refractivity contribution in [1.29, 1.82) is 0 Å². The molecule has 0 N–H and O–H groups in total. The van der Waals surface area contributed by atoms with Crippen LogP contribution in [0.5, 0.6) is 0 Å². The molecule has 0 bridgehead atoms. The number of carbonyl (C=O) groups is 1. The van der Waals surface area contributed by atoms with Crippen LogP contribution in [0.2, 0.25) is 0 Å². The molecular formula is C16H23NO6S2. The zero-order chi connectivity index (χ0) is 18.9. The molecule has 0 aliphatic rings. The molecule has 1 unspecified atom stereocenters. The van der Waals surface area contributed by atoms with Crippen LogP contribution in [0, 0.1) is 6.92 Å². The summed E-state index contributed by atoms with van der Waals surface area (Å²) in [6, 6.07) is 6.23. The molecule has 0 aliphatic heterocycles. The van der Waals surface area contributed by atoms with E-state index >= 15 is 0 Å². The summed E-state index contributed by atoms with van der Waals surface area (Å²) in [5.41, 5.74) is 0.938. The van der Waals surface area contributed by atoms with Gasteiger partial charge in [0.25, 0.3) is 0 Å². The first-order valence-electron chi connectivity index (χ1n) is 7.60. The smallest absolute Gasteiger partial charge is 0.358 e. The number of nitrogens with zero attached hydrogens (tertiary/aromatic N) is 1. The third-order valence-corrected chi connectivity index (χ3v) is 5.15. The van der Waals surface area contributed by atoms with Crippen LogP contribution in [0.4, 0.5) is 0 Å². The molecule has 0 fully saturated rings. The van der Waals surface area contributed by atoms with E-state index in [9.17, 15) is 13.2 Å². The second-order valence-electron chi connectivity index (χ2n) is 5.30. The van der Waals surface area contributed by atoms with E-state index in [1.54, 1.807) is 26.2 Å². The van der Waals surface area contributed by atoms with Gasteiger partial charge < -0.3 is 9.47 Å². The number of hydrogen-bond acceptors (Lipinski definition) is 8. The minimum Gasteiger partial charge on any atom is -0.465 e. The predicted molar refractivity (Wildman–Crippen MR) is 97.1 cm³/mol. The highest BCUT2D eigenvalue weighted by atomic mass is 32.2. The van der Waals surface area contributed by atoms with Crippen LogP contribution in [0.1, 0.15) is 25.8 Å². The van der Waals surface area contributed by atoms with Crippen LogP contribution < -0.4 is 0 Å². The van der Waals surface area contributed by atoms with Crippen molar-refractivity contribution in [3.05, 3.63) is 29.8 Å². The van der Waals surface area contributed by atoms with Gasteiger partial charge in [-0.25, -0.2) is 0 Å². The van der Waals surface area contributed by atoms with Crippen LogP contribution in [-0.4, -0.2) is 45.0 Å². The maximum absolute atomic E-state index is 12.0. The summed E-state index contributed by atoms with van der Waals surface area (Å²) >= 11 is 1.04. The molecule has 0 amide bonds. The largest absolute Gasteiger partial charge is 0.465 e. The van der Waals surface area contributed by atoms with E-state index in [4.69, 9.17) is 9.47 Å². The molecule has 0 saturated heterocycles. The number of esters is 1. The average molecular weight is 389 g/mol. The van der Waals surface area contributed by atoms with Gasteiger partial charge in [0.15, 0.2) is 0 Å². The summed E-state index contributed by atoms with van der Waals surface area (Å²) in [5, 5.41) is 3.86. The first-order valence-corrected chi connectivity index (χ1v) is 10.00. The zero-order valence-electron chi connectivity index (χ0n) is 14.7. The minimum atomic E-state index is -3.97. The number of methoxy groups -OCH3 is 1. The Hall–Kier alpha value is -1.58. The van der Waals surface area contributed by atoms with Gasteiger partial charge in [-0.3, -0.25) is 9.08 Å². The summed E-state index contributed by atoms with van der Waals surface area (Å²) < 4.78 is 38.7. The van der Waals surface area contributed by atoms with E-state index in [0.29, 0.717) is 11.5 Å². The molecule has 7 nitrogen and oxygen atoms in total. The summed E-state index contributed by atoms with van der Waals surface area (Å²) in [4.78, 5) is 11.6. The normalized spacial score (nSPS) is 13.4. The quantitative estimate of drug-likeness (QED) is 0.277. The average Bonchev–Trinajstić information content (AvgIpc) is 2.58. The summed E-state index contributed by atoms with van der Waals surface area (Å²) in [6.07, 6.45) is 0.627. The van der Waals surface area contributed by atoms with E-state index in [2.05, 4.69) is 9.44 Å². The Labute approximate surface area is 152 Å². The molecule has 1 rings (SSSR count). The number of aryl methyl sites for hydroxylation is 1. The highest BCUT2D eigenvalue weighted by Gasteiger charge is 2.15. The maximum atomic E-state index is 12.0. The lowest BCUT2D eigenvalue weighted by atomic mass is 10.2. The predicted octanol–water partition coefficient (Wildman–Crippen LogP) is 2.74. The molecule has 0 aromatic heterocycles. The molecule has 0 spiro atoms. The number of benzene rings is 1. The molecule has 1 aromatic rings. The van der Waals surface area contributed by atoms with Gasteiger partial charge in [-0.05, 0) is 32.9 Å². The summed E-state index contributed by atoms with van der Waals surface area (Å²) in [6.45, 7) is 5.55. The number of rotatable bonds is 9. The van der Waals surface area contributed by atoms with Crippen molar-refractivity contribution >= 4 is 32.9 Å². The van der Waals surface area contributed by atoms with E-state index < -0.39 is 16.1 Å². The van der Waals surface area contributed by atoms with E-state index in [-0.39, 0.29) is 23.4 Å². The topological polar surface area (TPSA) is 91.3 Å². The second kappa shape index (κ2) is 10.4. The molecular weight excluding hydrogens is 366 g/mol. The molecule has 0 saturated carbocycles. The maximum Gasteiger partial charge on any atom is 0.358 e. The SMILES string of the molecule is COC(C)CCOC(=O)CS/C(C)=N\OS(=O)(=O)c1ccc(C)cc1. The van der Waals surface area contributed by atoms with Crippen molar-refractivity contribution in [3.8, 4) is 0 Å². The van der Waals surface area contributed by atoms with Gasteiger partial charge in [0.05, 0.1) is 18.5 Å². The Kier molecular flexibility index (Phi) is 8.95. The van der Waals surface area contributed by atoms with Gasteiger partial charge in [-0.15, -0.1) is 0 Å². The highest BCUT2D eigenvalue weighted by Crippen LogP contribution is 2.15. The minimum absolute atomic E-state index is 0.0177. The lowest BCUT2D eigenvalue weighted by Gasteiger charge is -2.09. The third kappa shape index (κ3) is 8.37. The first-order chi connectivity index (χ1) is 11.7. The Bertz CT molecular complexity index is 685. The molecule has 1 atom stereocenters. The van der Waals surface area contributed by atoms with Crippen molar-refractivity contribution in [2.75, 3.05) is 19.5 Å². The van der Waals surface area contributed by atoms with Crippen molar-refractivity contribution in [2.45, 2.75) is 38.2 Å². The molecule has 140 valence electrons. The number of oxime groups is 1. The highest BCUT2D eigenvalue weighted by molar-refractivity contribution is 8.14. The molecule has 0 heterocycles. The van der Waals surface area contributed by atoms with Crippen LogP contribution in [0.25, 0.3) is 0 Å². The number of ether oxygens (including phenoxy) is 2. The molecule has 0 radical (unpaired) electrons. The van der Waals surface area contributed by atoms with Crippen molar-refractivity contribution in [3.63, 3.8) is 0 Å². The van der Waals surface area contributed by atoms with Crippen LogP contribution >= 0.6 is 11.8 Å². The fourth-order valence-corrected chi connectivity index (χ4v) is 2.85. The van der Waals surface area contributed by atoms with E-state index in [1.807, 2.05) is 13.8 Å². The van der Waals surface area contributed by atoms with Crippen molar-refractivity contribution < 1.29 is 27.0 Å². The van der Waals surface area contributed by atoms with Crippen molar-refractivity contribution in [2.24, 2.45) is 5.16 Å². The Morgan fingerprint density at radius 2 is 1.92 bits per heavy atom. The Morgan fingerprint density at radius 3 is 2.52 bits per heavy atom. The third-order valence-electron chi connectivity index (χ3n) is 3.16. The number of thioether (sulfide) groups is 1. The second-order valence-corrected chi connectivity index (χ2v) is 7.99. The lowest BCUT2D eigenvalue weighted by Crippen LogP contribution is -2.14. The van der Waals surface area contributed by atoms with Gasteiger partial charge in [-0.1, -0.05) is 34.6 Å². The summed E-state index contributed by atoms with van der Waals surface area (Å²) in [7, 11) is -2.38. The molecule has 0 aliphatic carbocycles. The van der Waals surface area contributed by atoms with E-state index in [0.717, 1.165) is 17.3 Å². The van der Waals surface area contributed by atoms with Crippen LogP contribution in [-0.2, 0) is 28.7 Å². The fourth-order valence-electron chi connectivity index (χ4n) is 1.54.